The lowest BCUT2D eigenvalue weighted by Crippen LogP contribution is -2.57. The Morgan fingerprint density at radius 1 is 0.517 bits per heavy atom. The summed E-state index contributed by atoms with van der Waals surface area (Å²) >= 11 is 0. The van der Waals surface area contributed by atoms with Gasteiger partial charge in [0.1, 0.15) is 23.3 Å². The summed E-state index contributed by atoms with van der Waals surface area (Å²) < 4.78 is 11.0. The third-order valence-electron chi connectivity index (χ3n) is 20.1. The maximum atomic E-state index is 14.5. The molecule has 0 radical (unpaired) electrons. The molecule has 2 aromatic rings. The molecule has 19 nitrogen and oxygen atoms in total. The standard InChI is InChI=1S/C34H48N4O5.C24H37N3O6.C10H13N/c1-34(2,3)43-33(42)36-28(22-11-5-4-6-12-22)32(41)37-19-18-27-29(37)25(20-38(27)31(40)23-16-17-23)30(39)35-26-15-9-13-21-10-7-8-14-24(21)26;1-24(2,3)33-23(32)25-18(14-7-5-4-6-8-14)21(29)26-12-11-17-19(26)16(22(30)31)13-27(17)20(28)15-9-10-15;11-10-7-3-5-8-4-1-2-6-9(8)10/h7-8,10,14,22-23,25-29H,4-6,9,11-13,15-20H2,1-3H3,(H,35,39)(H,36,42);14-19H,4-13H2,1-3H3,(H,25,32)(H,30,31);1-2,4,6,10H,3,5,7,11H2/t25-,26+,27+,28-,29+;16?,17-,18+,19-;10-/m011/s1. The van der Waals surface area contributed by atoms with Gasteiger partial charge in [-0.2, -0.15) is 0 Å². The van der Waals surface area contributed by atoms with Gasteiger partial charge in [-0.05, 0) is 178 Å². The molecule has 19 heteroatoms. The van der Waals surface area contributed by atoms with Gasteiger partial charge in [0.25, 0.3) is 0 Å². The number of aliphatic carboxylic acids is 1. The highest BCUT2D eigenvalue weighted by Crippen LogP contribution is 2.44. The van der Waals surface area contributed by atoms with Gasteiger partial charge in [0, 0.05) is 44.1 Å². The molecule has 10 atom stereocenters. The number of carboxylic acids is 1. The number of nitrogens with one attached hydrogen (secondary N) is 3. The molecular weight excluding hydrogens is 1100 g/mol. The number of nitrogens with zero attached hydrogens (tertiary/aromatic N) is 4. The second-order valence-electron chi connectivity index (χ2n) is 28.7. The normalized spacial score (nSPS) is 27.7. The van der Waals surface area contributed by atoms with E-state index in [1.807, 2.05) is 42.7 Å². The van der Waals surface area contributed by atoms with Crippen molar-refractivity contribution in [2.45, 2.75) is 242 Å². The fourth-order valence-corrected chi connectivity index (χ4v) is 15.7. The summed E-state index contributed by atoms with van der Waals surface area (Å²) in [4.78, 5) is 113. The van der Waals surface area contributed by atoms with E-state index >= 15 is 0 Å². The van der Waals surface area contributed by atoms with Crippen molar-refractivity contribution in [3.8, 4) is 0 Å². The first-order chi connectivity index (χ1) is 41.5. The van der Waals surface area contributed by atoms with Gasteiger partial charge < -0.3 is 55.9 Å². The van der Waals surface area contributed by atoms with Crippen molar-refractivity contribution in [1.82, 2.24) is 35.6 Å². The van der Waals surface area contributed by atoms with Gasteiger partial charge in [-0.1, -0.05) is 87.1 Å². The highest BCUT2D eigenvalue weighted by molar-refractivity contribution is 5.91. The number of likely N-dealkylation sites (tertiary alicyclic amines) is 4. The highest BCUT2D eigenvalue weighted by Gasteiger charge is 2.58. The molecule has 1 unspecified atom stereocenters. The zero-order valence-corrected chi connectivity index (χ0v) is 52.5. The van der Waals surface area contributed by atoms with Crippen LogP contribution in [0.2, 0.25) is 0 Å². The summed E-state index contributed by atoms with van der Waals surface area (Å²) in [6, 6.07) is 14.2. The van der Waals surface area contributed by atoms with Crippen LogP contribution in [0.1, 0.15) is 204 Å². The third-order valence-corrected chi connectivity index (χ3v) is 20.1. The van der Waals surface area contributed by atoms with Crippen molar-refractivity contribution in [3.63, 3.8) is 0 Å². The Hall–Kier alpha value is -6.24. The van der Waals surface area contributed by atoms with Crippen LogP contribution in [0.3, 0.4) is 0 Å². The summed E-state index contributed by atoms with van der Waals surface area (Å²) in [5.74, 6) is -2.57. The van der Waals surface area contributed by atoms with Crippen LogP contribution in [0.15, 0.2) is 48.5 Å². The summed E-state index contributed by atoms with van der Waals surface area (Å²) in [5, 5.41) is 19.0. The number of benzene rings is 2. The van der Waals surface area contributed by atoms with E-state index in [-0.39, 0.29) is 77.9 Å². The molecule has 4 aliphatic heterocycles. The number of carbonyl (C=O) groups excluding carboxylic acids is 7. The number of hydrogen-bond acceptors (Lipinski definition) is 11. The molecular formula is C68H98N8O11. The van der Waals surface area contributed by atoms with Crippen molar-refractivity contribution in [2.24, 2.45) is 41.2 Å². The van der Waals surface area contributed by atoms with Gasteiger partial charge in [0.05, 0.1) is 42.0 Å². The Morgan fingerprint density at radius 2 is 0.943 bits per heavy atom. The van der Waals surface area contributed by atoms with Crippen LogP contribution in [-0.4, -0.2) is 146 Å². The molecule has 87 heavy (non-hydrogen) atoms. The van der Waals surface area contributed by atoms with Gasteiger partial charge in [-0.15, -0.1) is 0 Å². The first-order valence-electron chi connectivity index (χ1n) is 33.2. The number of aryl methyl sites for hydroxylation is 2. The number of fused-ring (bicyclic) bond motifs is 4. The average molecular weight is 1200 g/mol. The minimum Gasteiger partial charge on any atom is -0.481 e. The smallest absolute Gasteiger partial charge is 0.408 e. The lowest BCUT2D eigenvalue weighted by Gasteiger charge is -2.36. The Labute approximate surface area is 514 Å². The minimum absolute atomic E-state index is 0.00627. The minimum atomic E-state index is -0.981. The molecule has 4 heterocycles. The molecule has 4 saturated carbocycles. The van der Waals surface area contributed by atoms with Crippen molar-refractivity contribution in [2.75, 3.05) is 26.2 Å². The van der Waals surface area contributed by atoms with Crippen LogP contribution in [0.5, 0.6) is 0 Å². The molecule has 4 saturated heterocycles. The molecule has 7 amide bonds. The van der Waals surface area contributed by atoms with Crippen LogP contribution in [0.4, 0.5) is 9.59 Å². The molecule has 12 rings (SSSR count). The quantitative estimate of drug-likeness (QED) is 0.142. The molecule has 476 valence electrons. The number of carboxylic acid groups (broad SMARTS) is 1. The van der Waals surface area contributed by atoms with Crippen molar-refractivity contribution in [1.29, 1.82) is 0 Å². The summed E-state index contributed by atoms with van der Waals surface area (Å²) in [5.41, 5.74) is 9.83. The van der Waals surface area contributed by atoms with E-state index in [0.29, 0.717) is 38.5 Å². The molecule has 0 aromatic heterocycles. The van der Waals surface area contributed by atoms with Gasteiger partial charge in [-0.25, -0.2) is 9.59 Å². The fraction of sp³-hybridized carbons (Fsp3) is 0.706. The van der Waals surface area contributed by atoms with E-state index in [9.17, 15) is 43.5 Å². The topological polar surface area (TPSA) is 250 Å². The fourth-order valence-electron chi connectivity index (χ4n) is 15.7. The third kappa shape index (κ3) is 15.3. The predicted octanol–water partition coefficient (Wildman–Crippen LogP) is 8.90. The zero-order chi connectivity index (χ0) is 61.9. The monoisotopic (exact) mass is 1200 g/mol. The Morgan fingerprint density at radius 3 is 1.39 bits per heavy atom. The van der Waals surface area contributed by atoms with Crippen LogP contribution in [-0.2, 0) is 51.1 Å². The number of ether oxygens (including phenoxy) is 2. The van der Waals surface area contributed by atoms with E-state index in [0.717, 1.165) is 116 Å². The molecule has 2 aromatic carbocycles. The Kier molecular flexibility index (Phi) is 20.0. The van der Waals surface area contributed by atoms with Gasteiger partial charge in [0.2, 0.25) is 29.5 Å². The Bertz CT molecular complexity index is 2830. The number of rotatable bonds is 11. The van der Waals surface area contributed by atoms with E-state index in [4.69, 9.17) is 15.2 Å². The number of carbonyl (C=O) groups is 8. The summed E-state index contributed by atoms with van der Waals surface area (Å²) in [6.07, 6.45) is 19.7. The maximum absolute atomic E-state index is 14.5. The second-order valence-corrected chi connectivity index (χ2v) is 28.7. The molecule has 6 N–H and O–H groups in total. The van der Waals surface area contributed by atoms with E-state index in [2.05, 4.69) is 52.3 Å². The van der Waals surface area contributed by atoms with E-state index in [1.54, 1.807) is 30.6 Å². The molecule has 0 bridgehead atoms. The van der Waals surface area contributed by atoms with Gasteiger partial charge >= 0.3 is 18.2 Å². The zero-order valence-electron chi connectivity index (χ0n) is 52.5. The van der Waals surface area contributed by atoms with E-state index < -0.39 is 65.4 Å². The first-order valence-corrected chi connectivity index (χ1v) is 33.2. The molecule has 10 aliphatic rings. The first kappa shape index (κ1) is 63.8. The van der Waals surface area contributed by atoms with Gasteiger partial charge in [0.15, 0.2) is 0 Å². The maximum Gasteiger partial charge on any atom is 0.408 e. The summed E-state index contributed by atoms with van der Waals surface area (Å²) in [7, 11) is 0. The molecule has 0 spiro atoms. The second kappa shape index (κ2) is 27.2. The number of nitrogens with two attached hydrogens (primary N) is 1. The predicted molar refractivity (Wildman–Crippen MR) is 327 cm³/mol. The van der Waals surface area contributed by atoms with E-state index in [1.165, 1.54) is 35.1 Å². The lowest BCUT2D eigenvalue weighted by molar-refractivity contribution is -0.145. The van der Waals surface area contributed by atoms with Crippen molar-refractivity contribution >= 4 is 47.7 Å². The van der Waals surface area contributed by atoms with Crippen LogP contribution < -0.4 is 21.7 Å². The largest absolute Gasteiger partial charge is 0.481 e. The molecule has 6 aliphatic carbocycles. The highest BCUT2D eigenvalue weighted by atomic mass is 16.6. The SMILES string of the molecule is CC(C)(C)OC(=O)N[C@H](C(=O)N1CC[C@@H]2[C@H]1C(C(=O)O)CN2C(=O)C1CC1)C1CCCCC1.CC(C)(C)OC(=O)N[C@H](C(=O)N1CC[C@@H]2[C@H]1[C@@H](C(=O)N[C@@H]1CCCc3ccccc31)CN2C(=O)C1CC1)C1CCCCC1.N[C@@H]1CCCc2ccccc21. The summed E-state index contributed by atoms with van der Waals surface area (Å²) in [6.45, 7) is 12.1. The van der Waals surface area contributed by atoms with Crippen molar-refractivity contribution < 1.29 is 52.9 Å². The lowest BCUT2D eigenvalue weighted by atomic mass is 9.83. The number of alkyl carbamates (subject to hydrolysis) is 2. The van der Waals surface area contributed by atoms with Crippen LogP contribution >= 0.6 is 0 Å². The number of amides is 7. The van der Waals surface area contributed by atoms with Crippen LogP contribution in [0, 0.1) is 35.5 Å². The molecule has 8 fully saturated rings. The van der Waals surface area contributed by atoms with Crippen LogP contribution in [0.25, 0.3) is 0 Å². The van der Waals surface area contributed by atoms with Crippen molar-refractivity contribution in [3.05, 3.63) is 70.8 Å². The number of hydrogen-bond donors (Lipinski definition) is 5. The Balaban J connectivity index is 0.000000167. The van der Waals surface area contributed by atoms with Gasteiger partial charge in [-0.3, -0.25) is 28.8 Å². The average Bonchev–Trinajstić information content (AvgIpc) is 1.65.